The smallest absolute Gasteiger partial charge is 0.128 e. The van der Waals surface area contributed by atoms with E-state index in [0.29, 0.717) is 13.2 Å². The van der Waals surface area contributed by atoms with E-state index in [1.54, 1.807) is 0 Å². The molecule has 0 fully saturated rings. The minimum absolute atomic E-state index is 0.647. The zero-order chi connectivity index (χ0) is 23.0. The van der Waals surface area contributed by atoms with Gasteiger partial charge in [0.2, 0.25) is 0 Å². The normalized spacial score (nSPS) is 15.5. The number of nitrogens with zero attached hydrogens (tertiary/aromatic N) is 2. The number of rotatable bonds is 0. The fraction of sp³-hybridized carbons (Fsp3) is 0.267. The van der Waals surface area contributed by atoms with Gasteiger partial charge in [0.25, 0.3) is 0 Å². The van der Waals surface area contributed by atoms with Crippen LogP contribution in [-0.2, 0) is 0 Å². The van der Waals surface area contributed by atoms with Crippen LogP contribution in [0.1, 0.15) is 36.8 Å². The molecule has 4 heteroatoms. The Balaban J connectivity index is 1.36. The first-order chi connectivity index (χ1) is 16.9. The highest BCUT2D eigenvalue weighted by Crippen LogP contribution is 2.28. The molecule has 0 radical (unpaired) electrons. The van der Waals surface area contributed by atoms with Crippen LogP contribution < -0.4 is 9.47 Å². The first-order valence-electron chi connectivity index (χ1n) is 12.2. The van der Waals surface area contributed by atoms with Crippen molar-refractivity contribution >= 4 is 34.0 Å². The summed E-state index contributed by atoms with van der Waals surface area (Å²) in [5.74, 6) is 1.79. The summed E-state index contributed by atoms with van der Waals surface area (Å²) >= 11 is 0. The average Bonchev–Trinajstić information content (AvgIpc) is 2.88. The van der Waals surface area contributed by atoms with Crippen molar-refractivity contribution in [2.24, 2.45) is 9.98 Å². The van der Waals surface area contributed by atoms with Crippen LogP contribution in [0.25, 0.3) is 21.5 Å². The third kappa shape index (κ3) is 5.12. The van der Waals surface area contributed by atoms with E-state index in [-0.39, 0.29) is 0 Å². The average molecular weight is 451 g/mol. The highest BCUT2D eigenvalue weighted by atomic mass is 16.5. The lowest BCUT2D eigenvalue weighted by Crippen LogP contribution is -2.05. The van der Waals surface area contributed by atoms with E-state index in [0.717, 1.165) is 61.4 Å². The van der Waals surface area contributed by atoms with Crippen LogP contribution in [0.5, 0.6) is 11.5 Å². The summed E-state index contributed by atoms with van der Waals surface area (Å²) < 4.78 is 12.4. The van der Waals surface area contributed by atoms with Gasteiger partial charge < -0.3 is 9.47 Å². The third-order valence-electron chi connectivity index (χ3n) is 6.18. The molecule has 1 aliphatic rings. The molecule has 34 heavy (non-hydrogen) atoms. The summed E-state index contributed by atoms with van der Waals surface area (Å²) in [5.41, 5.74) is 2.13. The van der Waals surface area contributed by atoms with Crippen LogP contribution in [0, 0.1) is 0 Å². The fourth-order valence-electron chi connectivity index (χ4n) is 4.36. The second kappa shape index (κ2) is 11.0. The maximum absolute atomic E-state index is 6.20. The van der Waals surface area contributed by atoms with Crippen LogP contribution in [0.4, 0.5) is 0 Å². The quantitative estimate of drug-likeness (QED) is 0.294. The molecular formula is C30H30N2O2. The standard InChI is InChI=1S/C30H30N2O2/c1-3-11-25-23(9-1)13-15-29-27(25)21-31-17-5-6-18-32-22-28-26-12-4-2-10-24(26)14-16-30(28)34-20-8-7-19-33-29/h1-4,9-16,21-22H,5-8,17-20H2. The van der Waals surface area contributed by atoms with Crippen molar-refractivity contribution in [3.05, 3.63) is 83.9 Å². The predicted octanol–water partition coefficient (Wildman–Crippen LogP) is 6.86. The van der Waals surface area contributed by atoms with E-state index in [1.165, 1.54) is 21.5 Å². The van der Waals surface area contributed by atoms with E-state index >= 15 is 0 Å². The van der Waals surface area contributed by atoms with Gasteiger partial charge in [-0.05, 0) is 59.4 Å². The molecule has 0 unspecified atom stereocenters. The zero-order valence-electron chi connectivity index (χ0n) is 19.5. The van der Waals surface area contributed by atoms with Crippen LogP contribution >= 0.6 is 0 Å². The lowest BCUT2D eigenvalue weighted by Gasteiger charge is -2.13. The van der Waals surface area contributed by atoms with Crippen LogP contribution in [0.2, 0.25) is 0 Å². The minimum Gasteiger partial charge on any atom is -0.493 e. The van der Waals surface area contributed by atoms with Crippen LogP contribution in [0.15, 0.2) is 82.8 Å². The molecule has 0 saturated carbocycles. The molecule has 0 aromatic heterocycles. The maximum Gasteiger partial charge on any atom is 0.128 e. The van der Waals surface area contributed by atoms with Gasteiger partial charge in [-0.2, -0.15) is 0 Å². The molecule has 0 bridgehead atoms. The third-order valence-corrected chi connectivity index (χ3v) is 6.18. The van der Waals surface area contributed by atoms with Gasteiger partial charge in [0.1, 0.15) is 11.5 Å². The minimum atomic E-state index is 0.647. The predicted molar refractivity (Wildman–Crippen MR) is 142 cm³/mol. The number of hydrogen-bond donors (Lipinski definition) is 0. The Hall–Kier alpha value is -3.66. The number of benzene rings is 4. The Morgan fingerprint density at radius 3 is 1.47 bits per heavy atom. The van der Waals surface area contributed by atoms with Gasteiger partial charge in [0.05, 0.1) is 13.2 Å². The molecule has 1 aliphatic heterocycles. The summed E-state index contributed by atoms with van der Waals surface area (Å²) in [6.45, 7) is 2.85. The molecule has 0 saturated heterocycles. The van der Waals surface area contributed by atoms with Crippen molar-refractivity contribution < 1.29 is 9.47 Å². The van der Waals surface area contributed by atoms with E-state index in [1.807, 2.05) is 12.4 Å². The van der Waals surface area contributed by atoms with Crippen molar-refractivity contribution in [3.8, 4) is 11.5 Å². The molecule has 0 spiro atoms. The first kappa shape index (κ1) is 22.1. The van der Waals surface area contributed by atoms with Gasteiger partial charge in [-0.15, -0.1) is 0 Å². The van der Waals surface area contributed by atoms with Gasteiger partial charge >= 0.3 is 0 Å². The van der Waals surface area contributed by atoms with Gasteiger partial charge in [0.15, 0.2) is 0 Å². The topological polar surface area (TPSA) is 43.2 Å². The lowest BCUT2D eigenvalue weighted by molar-refractivity contribution is 0.266. The number of ether oxygens (including phenoxy) is 2. The second-order valence-electron chi connectivity index (χ2n) is 8.58. The largest absolute Gasteiger partial charge is 0.493 e. The number of aliphatic imine (C=N–C) groups is 2. The van der Waals surface area contributed by atoms with Crippen LogP contribution in [0.3, 0.4) is 0 Å². The number of hydrogen-bond acceptors (Lipinski definition) is 4. The Morgan fingerprint density at radius 1 is 0.500 bits per heavy atom. The lowest BCUT2D eigenvalue weighted by atomic mass is 10.0. The summed E-state index contributed by atoms with van der Waals surface area (Å²) in [5, 5.41) is 4.75. The summed E-state index contributed by atoms with van der Waals surface area (Å²) in [6.07, 6.45) is 7.79. The van der Waals surface area contributed by atoms with E-state index in [4.69, 9.17) is 19.5 Å². The maximum atomic E-state index is 6.20. The number of fused-ring (bicyclic) bond motifs is 6. The Kier molecular flexibility index (Phi) is 7.15. The molecule has 5 rings (SSSR count). The van der Waals surface area contributed by atoms with Crippen molar-refractivity contribution in [3.63, 3.8) is 0 Å². The Labute approximate surface area is 201 Å². The Morgan fingerprint density at radius 2 is 0.971 bits per heavy atom. The zero-order valence-corrected chi connectivity index (χ0v) is 19.5. The molecular weight excluding hydrogens is 420 g/mol. The monoisotopic (exact) mass is 450 g/mol. The molecule has 0 amide bonds. The Bertz CT molecular complexity index is 1220. The van der Waals surface area contributed by atoms with Gasteiger partial charge in [-0.1, -0.05) is 60.7 Å². The summed E-state index contributed by atoms with van der Waals surface area (Å²) in [6, 6.07) is 25.2. The van der Waals surface area contributed by atoms with Crippen molar-refractivity contribution in [2.45, 2.75) is 25.7 Å². The molecule has 0 aliphatic carbocycles. The molecule has 0 atom stereocenters. The molecule has 4 aromatic rings. The summed E-state index contributed by atoms with van der Waals surface area (Å²) in [4.78, 5) is 9.45. The van der Waals surface area contributed by atoms with Gasteiger partial charge in [-0.25, -0.2) is 0 Å². The molecule has 0 N–H and O–H groups in total. The molecule has 172 valence electrons. The SMILES string of the molecule is C1=NCCCCN=Cc2c(ccc3ccccc23)OCCCCOc2ccc3ccccc3c21. The van der Waals surface area contributed by atoms with Crippen LogP contribution in [-0.4, -0.2) is 38.7 Å². The fourth-order valence-corrected chi connectivity index (χ4v) is 4.36. The first-order valence-corrected chi connectivity index (χ1v) is 12.2. The molecule has 1 heterocycles. The second-order valence-corrected chi connectivity index (χ2v) is 8.58. The van der Waals surface area contributed by atoms with Gasteiger partial charge in [0, 0.05) is 36.6 Å². The van der Waals surface area contributed by atoms with Gasteiger partial charge in [-0.3, -0.25) is 9.98 Å². The summed E-state index contributed by atoms with van der Waals surface area (Å²) in [7, 11) is 0. The van der Waals surface area contributed by atoms with Crippen molar-refractivity contribution in [1.29, 1.82) is 0 Å². The molecule has 4 nitrogen and oxygen atoms in total. The van der Waals surface area contributed by atoms with Crippen molar-refractivity contribution in [2.75, 3.05) is 26.3 Å². The molecule has 4 aromatic carbocycles. The van der Waals surface area contributed by atoms with E-state index in [9.17, 15) is 0 Å². The highest BCUT2D eigenvalue weighted by Gasteiger charge is 2.09. The van der Waals surface area contributed by atoms with E-state index in [2.05, 4.69) is 72.8 Å². The van der Waals surface area contributed by atoms with Crippen molar-refractivity contribution in [1.82, 2.24) is 0 Å². The van der Waals surface area contributed by atoms with E-state index < -0.39 is 0 Å². The highest BCUT2D eigenvalue weighted by molar-refractivity contribution is 6.03.